The Bertz CT molecular complexity index is 1210. The number of aromatic amines is 2. The lowest BCUT2D eigenvalue weighted by Gasteiger charge is -2.19. The smallest absolute Gasteiger partial charge is 0.270 e. The number of hydrogen-bond acceptors (Lipinski definition) is 3. The summed E-state index contributed by atoms with van der Waals surface area (Å²) >= 11 is 6.02. The zero-order valence-electron chi connectivity index (χ0n) is 14.6. The monoisotopic (exact) mass is 380 g/mol. The van der Waals surface area contributed by atoms with E-state index in [9.17, 15) is 9.59 Å². The highest BCUT2D eigenvalue weighted by atomic mass is 35.5. The molecule has 0 atom stereocenters. The second-order valence-corrected chi connectivity index (χ2v) is 6.70. The third kappa shape index (κ3) is 3.31. The predicted octanol–water partition coefficient (Wildman–Crippen LogP) is 3.72. The fourth-order valence-corrected chi connectivity index (χ4v) is 3.29. The zero-order valence-corrected chi connectivity index (χ0v) is 15.4. The molecule has 4 aromatic rings. The van der Waals surface area contributed by atoms with E-state index in [0.29, 0.717) is 34.0 Å². The summed E-state index contributed by atoms with van der Waals surface area (Å²) in [5, 5.41) is 2.02. The van der Waals surface area contributed by atoms with Gasteiger partial charge in [-0.3, -0.25) is 9.59 Å². The first-order chi connectivity index (χ1) is 13.0. The second kappa shape index (κ2) is 6.89. The molecule has 7 heteroatoms. The van der Waals surface area contributed by atoms with E-state index in [1.54, 1.807) is 35.2 Å². The normalized spacial score (nSPS) is 11.2. The fourth-order valence-electron chi connectivity index (χ4n) is 3.11. The van der Waals surface area contributed by atoms with Crippen LogP contribution < -0.4 is 5.56 Å². The highest BCUT2D eigenvalue weighted by molar-refractivity contribution is 6.31. The maximum Gasteiger partial charge on any atom is 0.270 e. The molecular weight excluding hydrogens is 364 g/mol. The van der Waals surface area contributed by atoms with Crippen molar-refractivity contribution in [1.82, 2.24) is 19.9 Å². The quantitative estimate of drug-likeness (QED) is 0.566. The van der Waals surface area contributed by atoms with Gasteiger partial charge in [0, 0.05) is 22.5 Å². The van der Waals surface area contributed by atoms with Crippen LogP contribution in [0.3, 0.4) is 0 Å². The maximum atomic E-state index is 12.9. The Morgan fingerprint density at radius 2 is 1.96 bits per heavy atom. The van der Waals surface area contributed by atoms with Crippen LogP contribution in [0.1, 0.15) is 23.2 Å². The van der Waals surface area contributed by atoms with Crippen LogP contribution in [-0.2, 0) is 6.54 Å². The van der Waals surface area contributed by atoms with Crippen LogP contribution >= 0.6 is 11.6 Å². The number of aromatic nitrogens is 3. The maximum absolute atomic E-state index is 12.9. The van der Waals surface area contributed by atoms with Crippen molar-refractivity contribution in [1.29, 1.82) is 0 Å². The molecule has 2 aromatic heterocycles. The Hall–Kier alpha value is -3.12. The summed E-state index contributed by atoms with van der Waals surface area (Å²) in [6, 6.07) is 14.3. The molecule has 2 N–H and O–H groups in total. The second-order valence-electron chi connectivity index (χ2n) is 6.26. The summed E-state index contributed by atoms with van der Waals surface area (Å²) in [5.74, 6) is 0.286. The molecule has 0 fully saturated rings. The number of carbonyl (C=O) groups excluding carboxylic acids is 1. The molecule has 0 unspecified atom stereocenters. The molecule has 1 amide bonds. The van der Waals surface area contributed by atoms with E-state index in [4.69, 9.17) is 11.6 Å². The van der Waals surface area contributed by atoms with E-state index in [2.05, 4.69) is 15.0 Å². The van der Waals surface area contributed by atoms with Crippen LogP contribution in [-0.4, -0.2) is 32.3 Å². The van der Waals surface area contributed by atoms with Gasteiger partial charge in [0.15, 0.2) is 0 Å². The predicted molar refractivity (Wildman–Crippen MR) is 106 cm³/mol. The number of rotatable bonds is 4. The van der Waals surface area contributed by atoms with Gasteiger partial charge in [-0.1, -0.05) is 23.7 Å². The van der Waals surface area contributed by atoms with Crippen LogP contribution in [0.25, 0.3) is 21.8 Å². The van der Waals surface area contributed by atoms with Gasteiger partial charge in [0.1, 0.15) is 11.5 Å². The largest absolute Gasteiger partial charge is 0.351 e. The number of halogens is 1. The summed E-state index contributed by atoms with van der Waals surface area (Å²) in [6.07, 6.45) is 0. The standard InChI is InChI=1S/C20H17ClN4O2/c1-2-25(11-18-23-16-6-4-3-5-14(16)19(26)24-18)20(27)17-10-12-9-13(21)7-8-15(12)22-17/h3-10,22H,2,11H2,1H3,(H,23,24,26). The Morgan fingerprint density at radius 3 is 2.78 bits per heavy atom. The zero-order chi connectivity index (χ0) is 19.0. The van der Waals surface area contributed by atoms with Crippen molar-refractivity contribution < 1.29 is 4.79 Å². The molecule has 0 saturated heterocycles. The van der Waals surface area contributed by atoms with E-state index in [1.165, 1.54) is 0 Å². The van der Waals surface area contributed by atoms with Crippen molar-refractivity contribution in [2.45, 2.75) is 13.5 Å². The molecular formula is C20H17ClN4O2. The number of nitrogens with zero attached hydrogens (tertiary/aromatic N) is 2. The van der Waals surface area contributed by atoms with Gasteiger partial charge in [-0.15, -0.1) is 0 Å². The molecule has 2 heterocycles. The minimum Gasteiger partial charge on any atom is -0.351 e. The van der Waals surface area contributed by atoms with Gasteiger partial charge in [-0.05, 0) is 43.3 Å². The van der Waals surface area contributed by atoms with E-state index in [-0.39, 0.29) is 18.0 Å². The Kier molecular flexibility index (Phi) is 4.41. The fraction of sp³-hybridized carbons (Fsp3) is 0.150. The van der Waals surface area contributed by atoms with E-state index < -0.39 is 0 Å². The van der Waals surface area contributed by atoms with Crippen LogP contribution in [0.4, 0.5) is 0 Å². The van der Waals surface area contributed by atoms with E-state index in [1.807, 2.05) is 25.1 Å². The molecule has 0 bridgehead atoms. The number of nitrogens with one attached hydrogen (secondary N) is 2. The third-order valence-corrected chi connectivity index (χ3v) is 4.72. The lowest BCUT2D eigenvalue weighted by molar-refractivity contribution is 0.0743. The Balaban J connectivity index is 1.65. The molecule has 6 nitrogen and oxygen atoms in total. The van der Waals surface area contributed by atoms with E-state index in [0.717, 1.165) is 10.9 Å². The van der Waals surface area contributed by atoms with Crippen molar-refractivity contribution >= 4 is 39.3 Å². The molecule has 0 aliphatic heterocycles. The molecule has 0 radical (unpaired) electrons. The number of hydrogen-bond donors (Lipinski definition) is 2. The number of benzene rings is 2. The van der Waals surface area contributed by atoms with Gasteiger partial charge in [-0.25, -0.2) is 4.98 Å². The molecule has 27 heavy (non-hydrogen) atoms. The molecule has 136 valence electrons. The van der Waals surface area contributed by atoms with Crippen LogP contribution in [0.15, 0.2) is 53.3 Å². The molecule has 0 aliphatic carbocycles. The van der Waals surface area contributed by atoms with Crippen molar-refractivity contribution in [2.75, 3.05) is 6.54 Å². The Morgan fingerprint density at radius 1 is 1.15 bits per heavy atom. The minimum atomic E-state index is -0.209. The highest BCUT2D eigenvalue weighted by Crippen LogP contribution is 2.21. The summed E-state index contributed by atoms with van der Waals surface area (Å²) in [6.45, 7) is 2.58. The molecule has 0 spiro atoms. The highest BCUT2D eigenvalue weighted by Gasteiger charge is 2.18. The molecule has 0 aliphatic rings. The molecule has 4 rings (SSSR count). The SMILES string of the molecule is CCN(Cc1nc2ccccc2c(=O)[nH]1)C(=O)c1cc2cc(Cl)ccc2[nH]1. The van der Waals surface area contributed by atoms with E-state index >= 15 is 0 Å². The first kappa shape index (κ1) is 17.3. The molecule has 2 aromatic carbocycles. The van der Waals surface area contributed by atoms with Crippen molar-refractivity contribution in [3.63, 3.8) is 0 Å². The summed E-state index contributed by atoms with van der Waals surface area (Å²) in [5.41, 5.74) is 1.72. The summed E-state index contributed by atoms with van der Waals surface area (Å²) < 4.78 is 0. The van der Waals surface area contributed by atoms with Gasteiger partial charge in [-0.2, -0.15) is 0 Å². The molecule has 0 saturated carbocycles. The number of para-hydroxylation sites is 1. The van der Waals surface area contributed by atoms with Gasteiger partial charge >= 0.3 is 0 Å². The van der Waals surface area contributed by atoms with Crippen LogP contribution in [0, 0.1) is 0 Å². The lowest BCUT2D eigenvalue weighted by Crippen LogP contribution is -2.32. The minimum absolute atomic E-state index is 0.166. The lowest BCUT2D eigenvalue weighted by atomic mass is 10.2. The van der Waals surface area contributed by atoms with Gasteiger partial charge in [0.05, 0.1) is 17.4 Å². The number of carbonyl (C=O) groups is 1. The van der Waals surface area contributed by atoms with Crippen LogP contribution in [0.5, 0.6) is 0 Å². The topological polar surface area (TPSA) is 81.8 Å². The van der Waals surface area contributed by atoms with Gasteiger partial charge in [0.2, 0.25) is 0 Å². The average Bonchev–Trinajstić information content (AvgIpc) is 3.09. The van der Waals surface area contributed by atoms with Crippen molar-refractivity contribution in [2.24, 2.45) is 0 Å². The third-order valence-electron chi connectivity index (χ3n) is 4.48. The number of amides is 1. The first-order valence-corrected chi connectivity index (χ1v) is 8.98. The van der Waals surface area contributed by atoms with Gasteiger partial charge < -0.3 is 14.9 Å². The first-order valence-electron chi connectivity index (χ1n) is 8.60. The summed E-state index contributed by atoms with van der Waals surface area (Å²) in [7, 11) is 0. The van der Waals surface area contributed by atoms with Crippen molar-refractivity contribution in [3.8, 4) is 0 Å². The number of H-pyrrole nitrogens is 2. The Labute approximate surface area is 159 Å². The average molecular weight is 381 g/mol. The van der Waals surface area contributed by atoms with Crippen LogP contribution in [0.2, 0.25) is 5.02 Å². The van der Waals surface area contributed by atoms with Crippen molar-refractivity contribution in [3.05, 3.63) is 75.4 Å². The van der Waals surface area contributed by atoms with Gasteiger partial charge in [0.25, 0.3) is 11.5 Å². The number of fused-ring (bicyclic) bond motifs is 2. The summed E-state index contributed by atoms with van der Waals surface area (Å²) in [4.78, 5) is 37.2.